The molecule has 18 heavy (non-hydrogen) atoms. The molecule has 1 aliphatic carbocycles. The van der Waals surface area contributed by atoms with Crippen molar-refractivity contribution in [1.29, 1.82) is 0 Å². The first kappa shape index (κ1) is 12.0. The first-order chi connectivity index (χ1) is 8.77. The normalized spacial score (nSPS) is 21.9. The van der Waals surface area contributed by atoms with Gasteiger partial charge in [-0.15, -0.1) is 0 Å². The number of rotatable bonds is 3. The highest BCUT2D eigenvalue weighted by atomic mass is 15.1. The van der Waals surface area contributed by atoms with Crippen LogP contribution < -0.4 is 10.6 Å². The lowest BCUT2D eigenvalue weighted by molar-refractivity contribution is 0.233. The van der Waals surface area contributed by atoms with Gasteiger partial charge in [-0.1, -0.05) is 18.2 Å². The summed E-state index contributed by atoms with van der Waals surface area (Å²) in [6.07, 6.45) is 8.80. The number of nitrogens with zero attached hydrogens (tertiary/aromatic N) is 1. The summed E-state index contributed by atoms with van der Waals surface area (Å²) in [5, 5.41) is 0. The fourth-order valence-electron chi connectivity index (χ4n) is 3.24. The summed E-state index contributed by atoms with van der Waals surface area (Å²) >= 11 is 0. The predicted octanol–water partition coefficient (Wildman–Crippen LogP) is 3.10. The van der Waals surface area contributed by atoms with E-state index in [2.05, 4.69) is 29.2 Å². The molecular formula is C16H24N2. The Labute approximate surface area is 110 Å². The monoisotopic (exact) mass is 244 g/mol. The standard InChI is InChI=1S/C16H24N2/c17-16(9-5-10-16)11-13-18-12-4-3-7-14-6-1-2-8-15(14)18/h1-2,6,8H,3-5,7,9-13,17H2. The van der Waals surface area contributed by atoms with Crippen LogP contribution in [0.3, 0.4) is 0 Å². The summed E-state index contributed by atoms with van der Waals surface area (Å²) in [5.41, 5.74) is 9.49. The molecule has 98 valence electrons. The average Bonchev–Trinajstić information content (AvgIpc) is 2.56. The molecular weight excluding hydrogens is 220 g/mol. The van der Waals surface area contributed by atoms with E-state index in [0.717, 1.165) is 13.0 Å². The van der Waals surface area contributed by atoms with E-state index in [1.807, 2.05) is 0 Å². The number of benzene rings is 1. The summed E-state index contributed by atoms with van der Waals surface area (Å²) in [4.78, 5) is 2.56. The summed E-state index contributed by atoms with van der Waals surface area (Å²) in [6.45, 7) is 2.33. The fraction of sp³-hybridized carbons (Fsp3) is 0.625. The number of hydrogen-bond acceptors (Lipinski definition) is 2. The summed E-state index contributed by atoms with van der Waals surface area (Å²) in [7, 11) is 0. The molecule has 3 rings (SSSR count). The van der Waals surface area contributed by atoms with Crippen molar-refractivity contribution in [2.24, 2.45) is 5.73 Å². The minimum Gasteiger partial charge on any atom is -0.371 e. The van der Waals surface area contributed by atoms with Gasteiger partial charge in [0.05, 0.1) is 0 Å². The number of hydrogen-bond donors (Lipinski definition) is 1. The molecule has 1 fully saturated rings. The number of aryl methyl sites for hydroxylation is 1. The maximum absolute atomic E-state index is 6.35. The molecule has 1 saturated carbocycles. The van der Waals surface area contributed by atoms with Gasteiger partial charge in [-0.05, 0) is 56.6 Å². The van der Waals surface area contributed by atoms with Gasteiger partial charge < -0.3 is 10.6 Å². The van der Waals surface area contributed by atoms with Crippen molar-refractivity contribution >= 4 is 5.69 Å². The molecule has 0 amide bonds. The lowest BCUT2D eigenvalue weighted by Crippen LogP contribution is -2.48. The Bertz CT molecular complexity index is 409. The lowest BCUT2D eigenvalue weighted by Gasteiger charge is -2.40. The van der Waals surface area contributed by atoms with Crippen molar-refractivity contribution < 1.29 is 0 Å². The van der Waals surface area contributed by atoms with Gasteiger partial charge in [0.25, 0.3) is 0 Å². The molecule has 0 bridgehead atoms. The maximum Gasteiger partial charge on any atom is 0.0398 e. The van der Waals surface area contributed by atoms with Crippen LogP contribution in [-0.4, -0.2) is 18.6 Å². The molecule has 0 spiro atoms. The van der Waals surface area contributed by atoms with E-state index in [9.17, 15) is 0 Å². The Kier molecular flexibility index (Phi) is 3.29. The van der Waals surface area contributed by atoms with Crippen LogP contribution in [0, 0.1) is 0 Å². The molecule has 1 aliphatic heterocycles. The van der Waals surface area contributed by atoms with Gasteiger partial charge in [0.15, 0.2) is 0 Å². The van der Waals surface area contributed by atoms with Gasteiger partial charge in [0, 0.05) is 24.3 Å². The summed E-state index contributed by atoms with van der Waals surface area (Å²) in [5.74, 6) is 0. The van der Waals surface area contributed by atoms with Crippen molar-refractivity contribution in [2.75, 3.05) is 18.0 Å². The van der Waals surface area contributed by atoms with Crippen LogP contribution in [0.5, 0.6) is 0 Å². The Morgan fingerprint density at radius 2 is 1.94 bits per heavy atom. The van der Waals surface area contributed by atoms with Gasteiger partial charge >= 0.3 is 0 Å². The van der Waals surface area contributed by atoms with Crippen LogP contribution in [0.1, 0.15) is 44.1 Å². The Hall–Kier alpha value is -1.02. The molecule has 0 saturated heterocycles. The van der Waals surface area contributed by atoms with Gasteiger partial charge in [0.2, 0.25) is 0 Å². The smallest absolute Gasteiger partial charge is 0.0398 e. The quantitative estimate of drug-likeness (QED) is 0.885. The van der Waals surface area contributed by atoms with Crippen LogP contribution >= 0.6 is 0 Å². The third-order valence-corrected chi connectivity index (χ3v) is 4.69. The van der Waals surface area contributed by atoms with Crippen LogP contribution in [0.4, 0.5) is 5.69 Å². The molecule has 2 heteroatoms. The second kappa shape index (κ2) is 4.93. The van der Waals surface area contributed by atoms with Crippen LogP contribution in [0.2, 0.25) is 0 Å². The summed E-state index contributed by atoms with van der Waals surface area (Å²) in [6, 6.07) is 8.90. The maximum atomic E-state index is 6.35. The van der Waals surface area contributed by atoms with Crippen molar-refractivity contribution in [1.82, 2.24) is 0 Å². The first-order valence-corrected chi connectivity index (χ1v) is 7.39. The van der Waals surface area contributed by atoms with E-state index < -0.39 is 0 Å². The van der Waals surface area contributed by atoms with Gasteiger partial charge in [0.1, 0.15) is 0 Å². The van der Waals surface area contributed by atoms with Crippen LogP contribution in [0.15, 0.2) is 24.3 Å². The number of fused-ring (bicyclic) bond motifs is 1. The summed E-state index contributed by atoms with van der Waals surface area (Å²) < 4.78 is 0. The van der Waals surface area contributed by atoms with Crippen LogP contribution in [-0.2, 0) is 6.42 Å². The van der Waals surface area contributed by atoms with Crippen molar-refractivity contribution in [2.45, 2.75) is 50.5 Å². The highest BCUT2D eigenvalue weighted by molar-refractivity contribution is 5.54. The Morgan fingerprint density at radius 3 is 2.72 bits per heavy atom. The third kappa shape index (κ3) is 2.39. The molecule has 2 aliphatic rings. The fourth-order valence-corrected chi connectivity index (χ4v) is 3.24. The molecule has 1 aromatic carbocycles. The number of para-hydroxylation sites is 1. The molecule has 0 radical (unpaired) electrons. The second-order valence-electron chi connectivity index (χ2n) is 6.04. The minimum atomic E-state index is 0.154. The van der Waals surface area contributed by atoms with E-state index in [-0.39, 0.29) is 5.54 Å². The molecule has 0 atom stereocenters. The second-order valence-corrected chi connectivity index (χ2v) is 6.04. The Balaban J connectivity index is 1.71. The van der Waals surface area contributed by atoms with Gasteiger partial charge in [-0.2, -0.15) is 0 Å². The SMILES string of the molecule is NC1(CCN2CCCCc3ccccc32)CCC1. The van der Waals surface area contributed by atoms with E-state index in [0.29, 0.717) is 0 Å². The zero-order valence-corrected chi connectivity index (χ0v) is 11.2. The zero-order chi connectivity index (χ0) is 12.4. The number of anilines is 1. The minimum absolute atomic E-state index is 0.154. The third-order valence-electron chi connectivity index (χ3n) is 4.69. The molecule has 0 aromatic heterocycles. The zero-order valence-electron chi connectivity index (χ0n) is 11.2. The molecule has 2 N–H and O–H groups in total. The highest BCUT2D eigenvalue weighted by Gasteiger charge is 2.32. The van der Waals surface area contributed by atoms with Crippen LogP contribution in [0.25, 0.3) is 0 Å². The largest absolute Gasteiger partial charge is 0.371 e. The van der Waals surface area contributed by atoms with E-state index in [4.69, 9.17) is 5.73 Å². The van der Waals surface area contributed by atoms with Crippen molar-refractivity contribution in [3.63, 3.8) is 0 Å². The lowest BCUT2D eigenvalue weighted by atomic mass is 9.75. The average molecular weight is 244 g/mol. The van der Waals surface area contributed by atoms with Crippen molar-refractivity contribution in [3.05, 3.63) is 29.8 Å². The van der Waals surface area contributed by atoms with E-state index >= 15 is 0 Å². The predicted molar refractivity (Wildman–Crippen MR) is 77.0 cm³/mol. The Morgan fingerprint density at radius 1 is 1.11 bits per heavy atom. The molecule has 0 unspecified atom stereocenters. The highest BCUT2D eigenvalue weighted by Crippen LogP contribution is 2.33. The topological polar surface area (TPSA) is 29.3 Å². The van der Waals surface area contributed by atoms with Crippen molar-refractivity contribution in [3.8, 4) is 0 Å². The molecule has 2 nitrogen and oxygen atoms in total. The molecule has 1 heterocycles. The van der Waals surface area contributed by atoms with E-state index in [1.165, 1.54) is 56.3 Å². The number of nitrogens with two attached hydrogens (primary N) is 1. The first-order valence-electron chi connectivity index (χ1n) is 7.39. The van der Waals surface area contributed by atoms with Gasteiger partial charge in [-0.25, -0.2) is 0 Å². The van der Waals surface area contributed by atoms with Gasteiger partial charge in [-0.3, -0.25) is 0 Å². The van der Waals surface area contributed by atoms with E-state index in [1.54, 1.807) is 0 Å². The molecule has 1 aromatic rings.